The van der Waals surface area contributed by atoms with Crippen LogP contribution in [0.25, 0.3) is 16.8 Å². The molecule has 27 heavy (non-hydrogen) atoms. The van der Waals surface area contributed by atoms with Gasteiger partial charge < -0.3 is 10.1 Å². The molecule has 0 radical (unpaired) electrons. The molecule has 1 saturated heterocycles. The molecular formula is C21H14N2O3S. The number of hydrogen-bond acceptors (Lipinski definition) is 5. The van der Waals surface area contributed by atoms with Crippen molar-refractivity contribution in [3.05, 3.63) is 82.8 Å². The predicted octanol–water partition coefficient (Wildman–Crippen LogP) is 4.20. The summed E-state index contributed by atoms with van der Waals surface area (Å²) in [4.78, 5) is 24.8. The SMILES string of the molecule is N=C1NC(=O)C(=Cc2cccc(OC(=O)c3cccc4ccccc34)c2)S1. The molecule has 0 saturated carbocycles. The molecule has 5 nitrogen and oxygen atoms in total. The summed E-state index contributed by atoms with van der Waals surface area (Å²) in [7, 11) is 0. The Bertz CT molecular complexity index is 1120. The minimum Gasteiger partial charge on any atom is -0.423 e. The average molecular weight is 374 g/mol. The summed E-state index contributed by atoms with van der Waals surface area (Å²) >= 11 is 1.06. The van der Waals surface area contributed by atoms with Crippen molar-refractivity contribution in [1.82, 2.24) is 5.32 Å². The fraction of sp³-hybridized carbons (Fsp3) is 0. The number of amidine groups is 1. The first-order valence-electron chi connectivity index (χ1n) is 8.19. The van der Waals surface area contributed by atoms with Crippen molar-refractivity contribution >= 4 is 45.7 Å². The Morgan fingerprint density at radius 2 is 1.81 bits per heavy atom. The zero-order valence-corrected chi connectivity index (χ0v) is 14.9. The van der Waals surface area contributed by atoms with Crippen molar-refractivity contribution in [3.63, 3.8) is 0 Å². The number of fused-ring (bicyclic) bond motifs is 1. The minimum atomic E-state index is -0.439. The van der Waals surface area contributed by atoms with Gasteiger partial charge in [-0.3, -0.25) is 10.2 Å². The lowest BCUT2D eigenvalue weighted by Gasteiger charge is -2.08. The summed E-state index contributed by atoms with van der Waals surface area (Å²) in [5.41, 5.74) is 1.21. The van der Waals surface area contributed by atoms with Crippen LogP contribution in [0.2, 0.25) is 0 Å². The van der Waals surface area contributed by atoms with Crippen LogP contribution < -0.4 is 10.1 Å². The van der Waals surface area contributed by atoms with Gasteiger partial charge in [-0.2, -0.15) is 0 Å². The van der Waals surface area contributed by atoms with Crippen LogP contribution in [0, 0.1) is 5.41 Å². The van der Waals surface area contributed by atoms with Gasteiger partial charge in [0.1, 0.15) is 5.75 Å². The van der Waals surface area contributed by atoms with Crippen LogP contribution in [0.5, 0.6) is 5.75 Å². The Morgan fingerprint density at radius 1 is 1.04 bits per heavy atom. The fourth-order valence-electron chi connectivity index (χ4n) is 2.83. The molecule has 1 fully saturated rings. The van der Waals surface area contributed by atoms with Gasteiger partial charge in [0.15, 0.2) is 5.17 Å². The van der Waals surface area contributed by atoms with E-state index in [0.717, 1.165) is 22.5 Å². The van der Waals surface area contributed by atoms with Crippen molar-refractivity contribution in [2.45, 2.75) is 0 Å². The zero-order chi connectivity index (χ0) is 18.8. The molecule has 0 aliphatic carbocycles. The molecule has 1 aliphatic rings. The molecule has 0 unspecified atom stereocenters. The van der Waals surface area contributed by atoms with E-state index in [1.54, 1.807) is 36.4 Å². The van der Waals surface area contributed by atoms with Crippen molar-refractivity contribution in [2.24, 2.45) is 0 Å². The monoisotopic (exact) mass is 374 g/mol. The van der Waals surface area contributed by atoms with Gasteiger partial charge in [0.2, 0.25) is 0 Å². The van der Waals surface area contributed by atoms with Crippen molar-refractivity contribution < 1.29 is 14.3 Å². The molecular weight excluding hydrogens is 360 g/mol. The molecule has 4 rings (SSSR count). The standard InChI is InChI=1S/C21H14N2O3S/c22-21-23-19(24)18(27-21)12-13-5-3-8-15(11-13)26-20(25)17-10-4-7-14-6-1-2-9-16(14)17/h1-12H,(H2,22,23,24). The highest BCUT2D eigenvalue weighted by molar-refractivity contribution is 8.18. The number of rotatable bonds is 3. The lowest BCUT2D eigenvalue weighted by atomic mass is 10.0. The van der Waals surface area contributed by atoms with Gasteiger partial charge in [-0.05, 0) is 52.4 Å². The van der Waals surface area contributed by atoms with Gasteiger partial charge in [-0.1, -0.05) is 48.5 Å². The van der Waals surface area contributed by atoms with E-state index in [-0.39, 0.29) is 11.1 Å². The lowest BCUT2D eigenvalue weighted by Crippen LogP contribution is -2.18. The van der Waals surface area contributed by atoms with E-state index in [4.69, 9.17) is 10.1 Å². The summed E-state index contributed by atoms with van der Waals surface area (Å²) < 4.78 is 5.54. The van der Waals surface area contributed by atoms with Crippen LogP contribution in [0.1, 0.15) is 15.9 Å². The Hall–Kier alpha value is -3.38. The van der Waals surface area contributed by atoms with Gasteiger partial charge in [0, 0.05) is 0 Å². The lowest BCUT2D eigenvalue weighted by molar-refractivity contribution is -0.115. The second-order valence-corrected chi connectivity index (χ2v) is 6.93. The second-order valence-electron chi connectivity index (χ2n) is 5.88. The normalized spacial score (nSPS) is 15.2. The van der Waals surface area contributed by atoms with Crippen LogP contribution in [-0.4, -0.2) is 17.0 Å². The van der Waals surface area contributed by atoms with Gasteiger partial charge in [0.25, 0.3) is 5.91 Å². The minimum absolute atomic E-state index is 0.102. The van der Waals surface area contributed by atoms with E-state index in [1.165, 1.54) is 0 Å². The molecule has 6 heteroatoms. The second kappa shape index (κ2) is 7.09. The number of carbonyl (C=O) groups excluding carboxylic acids is 2. The van der Waals surface area contributed by atoms with E-state index in [2.05, 4.69) is 5.32 Å². The van der Waals surface area contributed by atoms with Gasteiger partial charge in [-0.25, -0.2) is 4.79 Å². The maximum Gasteiger partial charge on any atom is 0.344 e. The number of esters is 1. The molecule has 0 spiro atoms. The van der Waals surface area contributed by atoms with Crippen LogP contribution in [0.4, 0.5) is 0 Å². The van der Waals surface area contributed by atoms with E-state index in [0.29, 0.717) is 21.8 Å². The van der Waals surface area contributed by atoms with E-state index in [1.807, 2.05) is 36.4 Å². The van der Waals surface area contributed by atoms with E-state index >= 15 is 0 Å². The number of ether oxygens (including phenoxy) is 1. The van der Waals surface area contributed by atoms with E-state index < -0.39 is 5.97 Å². The summed E-state index contributed by atoms with van der Waals surface area (Å²) in [5.74, 6) is -0.352. The van der Waals surface area contributed by atoms with Gasteiger partial charge >= 0.3 is 5.97 Å². The van der Waals surface area contributed by atoms with Gasteiger partial charge in [0.05, 0.1) is 10.5 Å². The van der Waals surface area contributed by atoms with Crippen molar-refractivity contribution in [1.29, 1.82) is 5.41 Å². The topological polar surface area (TPSA) is 79.2 Å². The molecule has 0 atom stereocenters. The van der Waals surface area contributed by atoms with E-state index in [9.17, 15) is 9.59 Å². The molecule has 3 aromatic rings. The summed E-state index contributed by atoms with van der Waals surface area (Å²) in [6, 6.07) is 20.1. The Labute approximate surface area is 159 Å². The number of thioether (sulfide) groups is 1. The smallest absolute Gasteiger partial charge is 0.344 e. The first kappa shape index (κ1) is 17.1. The summed E-state index contributed by atoms with van der Waals surface area (Å²) in [5, 5.41) is 11.8. The number of benzene rings is 3. The predicted molar refractivity (Wildman–Crippen MR) is 107 cm³/mol. The Balaban J connectivity index is 1.60. The molecule has 3 aromatic carbocycles. The molecule has 1 aliphatic heterocycles. The number of hydrogen-bond donors (Lipinski definition) is 2. The molecule has 1 amide bonds. The number of amides is 1. The highest BCUT2D eigenvalue weighted by Gasteiger charge is 2.22. The average Bonchev–Trinajstić information content (AvgIpc) is 2.98. The third-order valence-corrected chi connectivity index (χ3v) is 4.87. The zero-order valence-electron chi connectivity index (χ0n) is 14.1. The van der Waals surface area contributed by atoms with Crippen LogP contribution >= 0.6 is 11.8 Å². The number of carbonyl (C=O) groups is 2. The highest BCUT2D eigenvalue weighted by Crippen LogP contribution is 2.27. The third-order valence-electron chi connectivity index (χ3n) is 4.04. The summed E-state index contributed by atoms with van der Waals surface area (Å²) in [6.07, 6.45) is 1.66. The van der Waals surface area contributed by atoms with Crippen molar-refractivity contribution in [2.75, 3.05) is 0 Å². The molecule has 0 bridgehead atoms. The first-order valence-corrected chi connectivity index (χ1v) is 9.01. The molecule has 2 N–H and O–H groups in total. The van der Waals surface area contributed by atoms with Crippen molar-refractivity contribution in [3.8, 4) is 5.75 Å². The largest absolute Gasteiger partial charge is 0.423 e. The van der Waals surface area contributed by atoms with Crippen LogP contribution in [0.15, 0.2) is 71.6 Å². The van der Waals surface area contributed by atoms with Crippen LogP contribution in [0.3, 0.4) is 0 Å². The Kier molecular flexibility index (Phi) is 4.48. The highest BCUT2D eigenvalue weighted by atomic mass is 32.2. The number of nitrogens with one attached hydrogen (secondary N) is 2. The molecule has 132 valence electrons. The Morgan fingerprint density at radius 3 is 2.63 bits per heavy atom. The maximum absolute atomic E-state index is 12.6. The van der Waals surface area contributed by atoms with Gasteiger partial charge in [-0.15, -0.1) is 0 Å². The van der Waals surface area contributed by atoms with Crippen LogP contribution in [-0.2, 0) is 4.79 Å². The first-order chi connectivity index (χ1) is 13.1. The quantitative estimate of drug-likeness (QED) is 0.409. The third kappa shape index (κ3) is 3.61. The maximum atomic E-state index is 12.6. The molecule has 0 aromatic heterocycles. The summed E-state index contributed by atoms with van der Waals surface area (Å²) in [6.45, 7) is 0. The fourth-order valence-corrected chi connectivity index (χ4v) is 3.53. The molecule has 1 heterocycles.